The van der Waals surface area contributed by atoms with Crippen molar-refractivity contribution in [2.45, 2.75) is 13.8 Å². The van der Waals surface area contributed by atoms with Crippen LogP contribution in [0.15, 0.2) is 65.3 Å². The molecule has 4 rings (SSSR count). The number of ether oxygens (including phenoxy) is 1. The lowest BCUT2D eigenvalue weighted by atomic mass is 10.00. The number of benzene rings is 2. The summed E-state index contributed by atoms with van der Waals surface area (Å²) in [5.41, 5.74) is 6.10. The first-order valence-electron chi connectivity index (χ1n) is 9.99. The highest BCUT2D eigenvalue weighted by Crippen LogP contribution is 2.30. The Bertz CT molecular complexity index is 1230. The van der Waals surface area contributed by atoms with E-state index in [1.54, 1.807) is 13.3 Å². The molecule has 0 saturated heterocycles. The average Bonchev–Trinajstić information content (AvgIpc) is 3.29. The van der Waals surface area contributed by atoms with Gasteiger partial charge in [0.25, 0.3) is 5.89 Å². The number of aromatic nitrogens is 3. The standard InChI is InChI=1S/C25H24N4O2/c1-16-7-8-18(14-17(16)2)15-22(19-9-11-20(30-4)12-10-19)25-28-24(29-31-25)21-6-5-13-27-23(21)26-3/h5-15H,1-4H3,(H,26,27)/b22-15-. The Morgan fingerprint density at radius 1 is 1.03 bits per heavy atom. The molecule has 2 aromatic heterocycles. The highest BCUT2D eigenvalue weighted by atomic mass is 16.5. The minimum atomic E-state index is 0.435. The molecule has 0 spiro atoms. The molecule has 156 valence electrons. The van der Waals surface area contributed by atoms with Crippen molar-refractivity contribution in [1.29, 1.82) is 0 Å². The molecule has 2 heterocycles. The number of rotatable bonds is 6. The summed E-state index contributed by atoms with van der Waals surface area (Å²) in [7, 11) is 3.47. The van der Waals surface area contributed by atoms with Gasteiger partial charge in [0.05, 0.1) is 12.7 Å². The second-order valence-electron chi connectivity index (χ2n) is 7.20. The largest absolute Gasteiger partial charge is 0.497 e. The van der Waals surface area contributed by atoms with Crippen LogP contribution in [0.4, 0.5) is 5.82 Å². The third kappa shape index (κ3) is 4.33. The van der Waals surface area contributed by atoms with Crippen molar-refractivity contribution in [3.8, 4) is 17.1 Å². The van der Waals surface area contributed by atoms with Gasteiger partial charge in [-0.15, -0.1) is 0 Å². The van der Waals surface area contributed by atoms with Crippen LogP contribution in [0.25, 0.3) is 23.0 Å². The summed E-state index contributed by atoms with van der Waals surface area (Å²) in [6, 6.07) is 17.9. The van der Waals surface area contributed by atoms with E-state index in [4.69, 9.17) is 9.26 Å². The minimum Gasteiger partial charge on any atom is -0.497 e. The van der Waals surface area contributed by atoms with E-state index >= 15 is 0 Å². The van der Waals surface area contributed by atoms with Crippen LogP contribution >= 0.6 is 0 Å². The average molecular weight is 412 g/mol. The smallest absolute Gasteiger partial charge is 0.258 e. The second-order valence-corrected chi connectivity index (χ2v) is 7.20. The van der Waals surface area contributed by atoms with Gasteiger partial charge in [-0.1, -0.05) is 35.5 Å². The maximum absolute atomic E-state index is 5.70. The van der Waals surface area contributed by atoms with Crippen LogP contribution in [0.5, 0.6) is 5.75 Å². The third-order valence-electron chi connectivity index (χ3n) is 5.18. The summed E-state index contributed by atoms with van der Waals surface area (Å²) in [5, 5.41) is 7.28. The van der Waals surface area contributed by atoms with Crippen LogP contribution in [-0.4, -0.2) is 29.3 Å². The van der Waals surface area contributed by atoms with Gasteiger partial charge in [0, 0.05) is 18.8 Å². The fourth-order valence-electron chi connectivity index (χ4n) is 3.29. The molecule has 31 heavy (non-hydrogen) atoms. The van der Waals surface area contributed by atoms with Crippen LogP contribution in [-0.2, 0) is 0 Å². The molecule has 0 atom stereocenters. The molecule has 0 fully saturated rings. The van der Waals surface area contributed by atoms with Gasteiger partial charge in [0.1, 0.15) is 11.6 Å². The van der Waals surface area contributed by atoms with Gasteiger partial charge in [-0.25, -0.2) is 4.98 Å². The van der Waals surface area contributed by atoms with E-state index in [0.29, 0.717) is 17.5 Å². The molecule has 0 aliphatic heterocycles. The van der Waals surface area contributed by atoms with E-state index in [0.717, 1.165) is 28.0 Å². The van der Waals surface area contributed by atoms with Crippen molar-refractivity contribution in [3.05, 3.63) is 88.9 Å². The molecule has 6 nitrogen and oxygen atoms in total. The fraction of sp³-hybridized carbons (Fsp3) is 0.160. The Morgan fingerprint density at radius 2 is 1.84 bits per heavy atom. The van der Waals surface area contributed by atoms with Gasteiger partial charge >= 0.3 is 0 Å². The molecule has 4 aromatic rings. The van der Waals surface area contributed by atoms with E-state index in [1.807, 2.05) is 43.4 Å². The van der Waals surface area contributed by atoms with Crippen molar-refractivity contribution in [1.82, 2.24) is 15.1 Å². The summed E-state index contributed by atoms with van der Waals surface area (Å²) in [6.07, 6.45) is 3.78. The maximum atomic E-state index is 5.70. The first-order valence-corrected chi connectivity index (χ1v) is 9.99. The topological polar surface area (TPSA) is 73.1 Å². The number of nitrogens with one attached hydrogen (secondary N) is 1. The Morgan fingerprint density at radius 3 is 2.55 bits per heavy atom. The lowest BCUT2D eigenvalue weighted by molar-refractivity contribution is 0.409. The Kier molecular flexibility index (Phi) is 5.80. The van der Waals surface area contributed by atoms with Crippen LogP contribution in [0.1, 0.15) is 28.1 Å². The summed E-state index contributed by atoms with van der Waals surface area (Å²) < 4.78 is 11.0. The summed E-state index contributed by atoms with van der Waals surface area (Å²) >= 11 is 0. The highest BCUT2D eigenvalue weighted by Gasteiger charge is 2.17. The molecule has 0 radical (unpaired) electrons. The number of aryl methyl sites for hydroxylation is 2. The number of methoxy groups -OCH3 is 1. The summed E-state index contributed by atoms with van der Waals surface area (Å²) in [6.45, 7) is 4.21. The van der Waals surface area contributed by atoms with E-state index in [-0.39, 0.29) is 0 Å². The molecule has 6 heteroatoms. The maximum Gasteiger partial charge on any atom is 0.258 e. The summed E-state index contributed by atoms with van der Waals surface area (Å²) in [4.78, 5) is 9.02. The molecule has 1 N–H and O–H groups in total. The zero-order valence-corrected chi connectivity index (χ0v) is 18.0. The molecule has 0 saturated carbocycles. The van der Waals surface area contributed by atoms with Crippen molar-refractivity contribution >= 4 is 17.5 Å². The van der Waals surface area contributed by atoms with Crippen molar-refractivity contribution in [2.24, 2.45) is 0 Å². The molecule has 0 aliphatic carbocycles. The lowest BCUT2D eigenvalue weighted by Gasteiger charge is -2.07. The van der Waals surface area contributed by atoms with Crippen molar-refractivity contribution in [2.75, 3.05) is 19.5 Å². The second kappa shape index (κ2) is 8.83. The predicted octanol–water partition coefficient (Wildman–Crippen LogP) is 5.39. The van der Waals surface area contributed by atoms with E-state index in [2.05, 4.69) is 58.6 Å². The number of nitrogens with zero attached hydrogens (tertiary/aromatic N) is 3. The van der Waals surface area contributed by atoms with Gasteiger partial charge < -0.3 is 14.6 Å². The lowest BCUT2D eigenvalue weighted by Crippen LogP contribution is -1.96. The highest BCUT2D eigenvalue weighted by molar-refractivity contribution is 5.89. The quantitative estimate of drug-likeness (QED) is 0.428. The Hall–Kier alpha value is -3.93. The van der Waals surface area contributed by atoms with E-state index in [9.17, 15) is 0 Å². The molecule has 2 aromatic carbocycles. The minimum absolute atomic E-state index is 0.435. The SMILES string of the molecule is CNc1ncccc1-c1noc(/C(=C\c2ccc(C)c(C)c2)c2ccc(OC)cc2)n1. The van der Waals surface area contributed by atoms with Crippen LogP contribution < -0.4 is 10.1 Å². The van der Waals surface area contributed by atoms with Gasteiger partial charge in [0.2, 0.25) is 5.82 Å². The van der Waals surface area contributed by atoms with Gasteiger partial charge in [-0.3, -0.25) is 0 Å². The molecule has 0 bridgehead atoms. The van der Waals surface area contributed by atoms with E-state index < -0.39 is 0 Å². The zero-order chi connectivity index (χ0) is 21.8. The number of anilines is 1. The number of pyridine rings is 1. The molecular formula is C25H24N4O2. The molecular weight excluding hydrogens is 388 g/mol. The first-order chi connectivity index (χ1) is 15.1. The third-order valence-corrected chi connectivity index (χ3v) is 5.18. The summed E-state index contributed by atoms with van der Waals surface area (Å²) in [5.74, 6) is 2.39. The fourth-order valence-corrected chi connectivity index (χ4v) is 3.29. The molecule has 0 amide bonds. The molecule has 0 unspecified atom stereocenters. The normalized spacial score (nSPS) is 11.4. The van der Waals surface area contributed by atoms with Gasteiger partial charge in [-0.05, 0) is 66.4 Å². The van der Waals surface area contributed by atoms with E-state index in [1.165, 1.54) is 11.1 Å². The Labute approximate surface area is 181 Å². The van der Waals surface area contributed by atoms with Crippen LogP contribution in [0.3, 0.4) is 0 Å². The van der Waals surface area contributed by atoms with Gasteiger partial charge in [-0.2, -0.15) is 4.98 Å². The molecule has 0 aliphatic rings. The number of hydrogen-bond donors (Lipinski definition) is 1. The van der Waals surface area contributed by atoms with Crippen LogP contribution in [0, 0.1) is 13.8 Å². The predicted molar refractivity (Wildman–Crippen MR) is 123 cm³/mol. The van der Waals surface area contributed by atoms with Crippen molar-refractivity contribution < 1.29 is 9.26 Å². The monoisotopic (exact) mass is 412 g/mol. The van der Waals surface area contributed by atoms with Crippen molar-refractivity contribution in [3.63, 3.8) is 0 Å². The first kappa shape index (κ1) is 20.3. The van der Waals surface area contributed by atoms with Gasteiger partial charge in [0.15, 0.2) is 0 Å². The van der Waals surface area contributed by atoms with Crippen LogP contribution in [0.2, 0.25) is 0 Å². The Balaban J connectivity index is 1.82. The zero-order valence-electron chi connectivity index (χ0n) is 18.0. The number of hydrogen-bond acceptors (Lipinski definition) is 6.